The van der Waals surface area contributed by atoms with Crippen molar-refractivity contribution in [2.45, 2.75) is 25.7 Å². The first-order valence-electron chi connectivity index (χ1n) is 8.55. The summed E-state index contributed by atoms with van der Waals surface area (Å²) >= 11 is 0. The number of sulfonamides is 1. The van der Waals surface area contributed by atoms with Gasteiger partial charge in [0.15, 0.2) is 0 Å². The van der Waals surface area contributed by atoms with Gasteiger partial charge >= 0.3 is 0 Å². The zero-order valence-corrected chi connectivity index (χ0v) is 14.9. The van der Waals surface area contributed by atoms with Crippen LogP contribution in [-0.2, 0) is 14.8 Å². The van der Waals surface area contributed by atoms with Crippen LogP contribution in [0.4, 0.5) is 11.4 Å². The van der Waals surface area contributed by atoms with Crippen LogP contribution in [0.5, 0.6) is 0 Å². The molecule has 6 nitrogen and oxygen atoms in total. The molecule has 24 heavy (non-hydrogen) atoms. The molecule has 0 radical (unpaired) electrons. The number of amides is 1. The fourth-order valence-corrected chi connectivity index (χ4v) is 3.99. The van der Waals surface area contributed by atoms with Gasteiger partial charge in [-0.25, -0.2) is 8.42 Å². The van der Waals surface area contributed by atoms with E-state index in [0.717, 1.165) is 31.6 Å². The summed E-state index contributed by atoms with van der Waals surface area (Å²) in [5.41, 5.74) is 1.77. The Morgan fingerprint density at radius 3 is 2.38 bits per heavy atom. The molecule has 0 bridgehead atoms. The number of hydrogen-bond donors (Lipinski definition) is 1. The Bertz CT molecular complexity index is 678. The minimum atomic E-state index is -3.38. The SMILES string of the molecule is CS(=O)(=O)N(CCNC(=O)C1CC1)c1ccc(N2CCCC2)cc1. The van der Waals surface area contributed by atoms with Gasteiger partial charge in [0, 0.05) is 31.2 Å². The van der Waals surface area contributed by atoms with Crippen molar-refractivity contribution in [1.82, 2.24) is 5.32 Å². The predicted molar refractivity (Wildman–Crippen MR) is 95.8 cm³/mol. The molecule has 1 aromatic carbocycles. The Kier molecular flexibility index (Phi) is 4.99. The van der Waals surface area contributed by atoms with Crippen LogP contribution in [-0.4, -0.2) is 46.8 Å². The minimum absolute atomic E-state index is 0.0350. The molecular weight excluding hydrogens is 326 g/mol. The largest absolute Gasteiger partial charge is 0.372 e. The van der Waals surface area contributed by atoms with Gasteiger partial charge in [0.2, 0.25) is 15.9 Å². The van der Waals surface area contributed by atoms with E-state index >= 15 is 0 Å². The lowest BCUT2D eigenvalue weighted by Gasteiger charge is -2.24. The second-order valence-corrected chi connectivity index (χ2v) is 8.52. The van der Waals surface area contributed by atoms with Crippen LogP contribution < -0.4 is 14.5 Å². The first-order valence-corrected chi connectivity index (χ1v) is 10.4. The first kappa shape index (κ1) is 17.1. The molecule has 0 aromatic heterocycles. The number of nitrogens with one attached hydrogen (secondary N) is 1. The van der Waals surface area contributed by atoms with Gasteiger partial charge in [-0.1, -0.05) is 0 Å². The highest BCUT2D eigenvalue weighted by atomic mass is 32.2. The van der Waals surface area contributed by atoms with E-state index in [0.29, 0.717) is 12.2 Å². The Labute approximate surface area is 143 Å². The van der Waals surface area contributed by atoms with Crippen molar-refractivity contribution < 1.29 is 13.2 Å². The summed E-state index contributed by atoms with van der Waals surface area (Å²) in [7, 11) is -3.38. The van der Waals surface area contributed by atoms with E-state index in [1.165, 1.54) is 23.4 Å². The average molecular weight is 351 g/mol. The summed E-state index contributed by atoms with van der Waals surface area (Å²) in [5, 5.41) is 2.82. The van der Waals surface area contributed by atoms with Crippen LogP contribution in [0.1, 0.15) is 25.7 Å². The Balaban J connectivity index is 1.65. The fraction of sp³-hybridized carbons (Fsp3) is 0.588. The number of carbonyl (C=O) groups excluding carboxylic acids is 1. The van der Waals surface area contributed by atoms with Crippen LogP contribution in [0.25, 0.3) is 0 Å². The third-order valence-corrected chi connectivity index (χ3v) is 5.77. The van der Waals surface area contributed by atoms with E-state index < -0.39 is 10.0 Å². The third kappa shape index (κ3) is 4.20. The van der Waals surface area contributed by atoms with E-state index in [-0.39, 0.29) is 18.4 Å². The number of rotatable bonds is 7. The van der Waals surface area contributed by atoms with E-state index in [4.69, 9.17) is 0 Å². The molecule has 1 aliphatic carbocycles. The zero-order valence-electron chi connectivity index (χ0n) is 14.1. The standard InChI is InChI=1S/C17H25N3O3S/c1-24(22,23)20(13-10-18-17(21)14-4-5-14)16-8-6-15(7-9-16)19-11-2-3-12-19/h6-9,14H,2-5,10-13H2,1H3,(H,18,21). The molecule has 1 aromatic rings. The van der Waals surface area contributed by atoms with Gasteiger partial charge in [0.25, 0.3) is 0 Å². The minimum Gasteiger partial charge on any atom is -0.372 e. The van der Waals surface area contributed by atoms with Crippen molar-refractivity contribution >= 4 is 27.3 Å². The number of anilines is 2. The van der Waals surface area contributed by atoms with Crippen molar-refractivity contribution in [3.8, 4) is 0 Å². The lowest BCUT2D eigenvalue weighted by molar-refractivity contribution is -0.122. The normalized spacial score (nSPS) is 17.8. The molecule has 0 atom stereocenters. The van der Waals surface area contributed by atoms with Crippen molar-refractivity contribution in [3.05, 3.63) is 24.3 Å². The summed E-state index contributed by atoms with van der Waals surface area (Å²) in [5.74, 6) is 0.171. The molecule has 1 N–H and O–H groups in total. The van der Waals surface area contributed by atoms with Crippen molar-refractivity contribution in [2.24, 2.45) is 5.92 Å². The van der Waals surface area contributed by atoms with Gasteiger partial charge in [0.05, 0.1) is 18.5 Å². The molecular formula is C17H25N3O3S. The summed E-state index contributed by atoms with van der Waals surface area (Å²) in [6.07, 6.45) is 5.50. The average Bonchev–Trinajstić information content (AvgIpc) is 3.25. The Hall–Kier alpha value is -1.76. The molecule has 1 saturated carbocycles. The highest BCUT2D eigenvalue weighted by Crippen LogP contribution is 2.28. The molecule has 0 unspecified atom stereocenters. The van der Waals surface area contributed by atoms with Gasteiger partial charge in [-0.05, 0) is 49.9 Å². The summed E-state index contributed by atoms with van der Waals surface area (Å²) in [6, 6.07) is 7.64. The van der Waals surface area contributed by atoms with Crippen LogP contribution in [0.2, 0.25) is 0 Å². The molecule has 2 aliphatic rings. The first-order chi connectivity index (χ1) is 11.4. The van der Waals surface area contributed by atoms with Crippen LogP contribution >= 0.6 is 0 Å². The molecule has 2 fully saturated rings. The smallest absolute Gasteiger partial charge is 0.232 e. The topological polar surface area (TPSA) is 69.7 Å². The fourth-order valence-electron chi connectivity index (χ4n) is 3.06. The monoisotopic (exact) mass is 351 g/mol. The third-order valence-electron chi connectivity index (χ3n) is 4.57. The molecule has 132 valence electrons. The van der Waals surface area contributed by atoms with Crippen LogP contribution in [0, 0.1) is 5.92 Å². The van der Waals surface area contributed by atoms with Gasteiger partial charge in [0.1, 0.15) is 0 Å². The molecule has 1 amide bonds. The maximum Gasteiger partial charge on any atom is 0.232 e. The number of hydrogen-bond acceptors (Lipinski definition) is 4. The number of benzene rings is 1. The molecule has 1 heterocycles. The molecule has 7 heteroatoms. The second-order valence-electron chi connectivity index (χ2n) is 6.61. The lowest BCUT2D eigenvalue weighted by atomic mass is 10.2. The van der Waals surface area contributed by atoms with E-state index in [1.54, 1.807) is 0 Å². The highest BCUT2D eigenvalue weighted by Gasteiger charge is 2.29. The van der Waals surface area contributed by atoms with Crippen molar-refractivity contribution in [3.63, 3.8) is 0 Å². The predicted octanol–water partition coefficient (Wildman–Crippen LogP) is 1.58. The maximum absolute atomic E-state index is 12.1. The van der Waals surface area contributed by atoms with Crippen molar-refractivity contribution in [1.29, 1.82) is 0 Å². The summed E-state index contributed by atoms with van der Waals surface area (Å²) in [4.78, 5) is 14.0. The van der Waals surface area contributed by atoms with Crippen molar-refractivity contribution in [2.75, 3.05) is 41.6 Å². The molecule has 1 saturated heterocycles. The molecule has 3 rings (SSSR count). The highest BCUT2D eigenvalue weighted by molar-refractivity contribution is 7.92. The van der Waals surface area contributed by atoms with Gasteiger partial charge in [-0.3, -0.25) is 9.10 Å². The zero-order chi connectivity index (χ0) is 17.2. The van der Waals surface area contributed by atoms with E-state index in [1.807, 2.05) is 24.3 Å². The Morgan fingerprint density at radius 2 is 1.83 bits per heavy atom. The molecule has 1 aliphatic heterocycles. The number of carbonyl (C=O) groups is 1. The van der Waals surface area contributed by atoms with Gasteiger partial charge < -0.3 is 10.2 Å². The Morgan fingerprint density at radius 1 is 1.21 bits per heavy atom. The van der Waals surface area contributed by atoms with Crippen LogP contribution in [0.15, 0.2) is 24.3 Å². The number of nitrogens with zero attached hydrogens (tertiary/aromatic N) is 2. The van der Waals surface area contributed by atoms with Gasteiger partial charge in [-0.15, -0.1) is 0 Å². The maximum atomic E-state index is 12.1. The quantitative estimate of drug-likeness (QED) is 0.810. The van der Waals surface area contributed by atoms with Crippen LogP contribution in [0.3, 0.4) is 0 Å². The summed E-state index contributed by atoms with van der Waals surface area (Å²) < 4.78 is 25.6. The van der Waals surface area contributed by atoms with E-state index in [2.05, 4.69) is 10.2 Å². The lowest BCUT2D eigenvalue weighted by Crippen LogP contribution is -2.38. The molecule has 0 spiro atoms. The van der Waals surface area contributed by atoms with E-state index in [9.17, 15) is 13.2 Å². The second kappa shape index (κ2) is 7.01. The summed E-state index contributed by atoms with van der Waals surface area (Å²) in [6.45, 7) is 2.70. The van der Waals surface area contributed by atoms with Gasteiger partial charge in [-0.2, -0.15) is 0 Å².